The van der Waals surface area contributed by atoms with E-state index in [9.17, 15) is 15.2 Å². The highest BCUT2D eigenvalue weighted by Gasteiger charge is 2.48. The predicted molar refractivity (Wildman–Crippen MR) is 171 cm³/mol. The Labute approximate surface area is 258 Å². The molecule has 1 aliphatic carbocycles. The first-order valence-corrected chi connectivity index (χ1v) is 19.2. The topological polar surface area (TPSA) is 121 Å². The van der Waals surface area contributed by atoms with Crippen molar-refractivity contribution in [2.75, 3.05) is 13.2 Å². The molecule has 9 nitrogen and oxygen atoms in total. The fraction of sp³-hybridized carbons (Fsp3) is 0.667. The van der Waals surface area contributed by atoms with Crippen LogP contribution >= 0.6 is 0 Å². The fourth-order valence-electron chi connectivity index (χ4n) is 6.42. The quantitative estimate of drug-likeness (QED) is 0.178. The van der Waals surface area contributed by atoms with Crippen molar-refractivity contribution in [1.82, 2.24) is 20.2 Å². The number of nitrogens with zero attached hydrogens (tertiary/aromatic N) is 3. The van der Waals surface area contributed by atoms with Crippen LogP contribution in [-0.2, 0) is 16.2 Å². The molecule has 1 saturated heterocycles. The van der Waals surface area contributed by atoms with Crippen LogP contribution in [0.1, 0.15) is 77.3 Å². The van der Waals surface area contributed by atoms with Gasteiger partial charge >= 0.3 is 0 Å². The number of amides is 1. The highest BCUT2D eigenvalue weighted by atomic mass is 28.3. The molecule has 43 heavy (non-hydrogen) atoms. The van der Waals surface area contributed by atoms with Gasteiger partial charge in [-0.25, -0.2) is 4.98 Å². The van der Waals surface area contributed by atoms with Crippen LogP contribution in [0, 0.1) is 22.7 Å². The van der Waals surface area contributed by atoms with Gasteiger partial charge in [0.2, 0.25) is 5.82 Å². The molecule has 0 spiro atoms. The molecular formula is C33H51N5O4Si. The van der Waals surface area contributed by atoms with Crippen molar-refractivity contribution in [2.45, 2.75) is 116 Å². The summed E-state index contributed by atoms with van der Waals surface area (Å²) in [5.74, 6) is -0.116. The SMILES string of the molecule is CC1(C)CC=C(C2(C#N)NC(C3CC(C)(C)OC(C)(CO)C3)=CC=C2NC(=O)c2nccn2COCC[Si](C)(C)C)CC1. The monoisotopic (exact) mass is 609 g/mol. The third-order valence-corrected chi connectivity index (χ3v) is 10.6. The van der Waals surface area contributed by atoms with E-state index in [1.807, 2.05) is 32.9 Å². The Morgan fingerprint density at radius 2 is 2.00 bits per heavy atom. The largest absolute Gasteiger partial charge is 0.393 e. The van der Waals surface area contributed by atoms with Gasteiger partial charge in [-0.1, -0.05) is 39.6 Å². The van der Waals surface area contributed by atoms with Gasteiger partial charge in [-0.05, 0) is 82.1 Å². The van der Waals surface area contributed by atoms with Crippen molar-refractivity contribution in [1.29, 1.82) is 5.26 Å². The lowest BCUT2D eigenvalue weighted by Crippen LogP contribution is -2.56. The highest BCUT2D eigenvalue weighted by Crippen LogP contribution is 2.45. The summed E-state index contributed by atoms with van der Waals surface area (Å²) < 4.78 is 13.8. The lowest BCUT2D eigenvalue weighted by molar-refractivity contribution is -0.193. The first kappa shape index (κ1) is 33.2. The molecular weight excluding hydrogens is 558 g/mol. The van der Waals surface area contributed by atoms with Gasteiger partial charge in [-0.2, -0.15) is 5.26 Å². The first-order valence-electron chi connectivity index (χ1n) is 15.5. The molecule has 1 fully saturated rings. The van der Waals surface area contributed by atoms with Gasteiger partial charge in [0.1, 0.15) is 12.8 Å². The van der Waals surface area contributed by atoms with Crippen molar-refractivity contribution < 1.29 is 19.4 Å². The van der Waals surface area contributed by atoms with Crippen LogP contribution in [0.3, 0.4) is 0 Å². The normalized spacial score (nSPS) is 28.6. The zero-order valence-corrected chi connectivity index (χ0v) is 28.3. The number of hydrogen-bond donors (Lipinski definition) is 3. The van der Waals surface area contributed by atoms with Crippen molar-refractivity contribution in [3.63, 3.8) is 0 Å². The standard InChI is InChI=1S/C33H51N5O4Si/c1-30(2)13-11-25(12-14-30)33(21-34)27(10-9-26(37-33)24-19-31(3,4)42-32(5,20-24)22-39)36-29(40)28-35-15-16-38(28)23-41-17-18-43(6,7)8/h9-11,15-16,24,37,39H,12-14,17-20,22-23H2,1-8H3,(H,36,40). The Morgan fingerprint density at radius 3 is 2.63 bits per heavy atom. The van der Waals surface area contributed by atoms with Gasteiger partial charge in [0.25, 0.3) is 5.91 Å². The molecule has 1 aromatic rings. The lowest BCUT2D eigenvalue weighted by atomic mass is 9.71. The molecule has 2 aliphatic heterocycles. The second kappa shape index (κ2) is 12.4. The molecule has 4 rings (SSSR count). The second-order valence-corrected chi connectivity index (χ2v) is 21.0. The van der Waals surface area contributed by atoms with Gasteiger partial charge in [-0.3, -0.25) is 4.79 Å². The number of aliphatic hydroxyl groups excluding tert-OH is 1. The number of aromatic nitrogens is 2. The van der Waals surface area contributed by atoms with Crippen LogP contribution in [0.15, 0.2) is 47.6 Å². The number of rotatable bonds is 10. The molecule has 0 bridgehead atoms. The number of allylic oxidation sites excluding steroid dienone is 4. The molecule has 3 aliphatic rings. The van der Waals surface area contributed by atoms with Crippen LogP contribution in [0.4, 0.5) is 0 Å². The van der Waals surface area contributed by atoms with Gasteiger partial charge < -0.3 is 29.8 Å². The zero-order valence-electron chi connectivity index (χ0n) is 27.3. The Morgan fingerprint density at radius 1 is 1.26 bits per heavy atom. The van der Waals surface area contributed by atoms with Crippen molar-refractivity contribution in [2.24, 2.45) is 11.3 Å². The minimum Gasteiger partial charge on any atom is -0.393 e. The van der Waals surface area contributed by atoms with Gasteiger partial charge in [0, 0.05) is 38.7 Å². The molecule has 0 saturated carbocycles. The van der Waals surface area contributed by atoms with Crippen molar-refractivity contribution in [3.8, 4) is 6.07 Å². The summed E-state index contributed by atoms with van der Waals surface area (Å²) >= 11 is 0. The minimum atomic E-state index is -1.24. The number of ether oxygens (including phenoxy) is 2. The Kier molecular flexibility index (Phi) is 9.53. The van der Waals surface area contributed by atoms with E-state index in [0.717, 1.165) is 43.0 Å². The van der Waals surface area contributed by atoms with Gasteiger partial charge in [0.15, 0.2) is 5.54 Å². The zero-order chi connectivity index (χ0) is 31.7. The molecule has 236 valence electrons. The molecule has 3 atom stereocenters. The average molecular weight is 610 g/mol. The van der Waals surface area contributed by atoms with E-state index < -0.39 is 24.8 Å². The van der Waals surface area contributed by atoms with E-state index in [2.05, 4.69) is 61.3 Å². The minimum absolute atomic E-state index is 0.0370. The van der Waals surface area contributed by atoms with E-state index >= 15 is 0 Å². The number of nitrogens with one attached hydrogen (secondary N) is 2. The first-order chi connectivity index (χ1) is 20.0. The molecule has 0 aromatic carbocycles. The Bertz CT molecular complexity index is 1330. The average Bonchev–Trinajstić information content (AvgIpc) is 3.39. The van der Waals surface area contributed by atoms with Crippen LogP contribution in [0.25, 0.3) is 0 Å². The summed E-state index contributed by atoms with van der Waals surface area (Å²) in [6.45, 7) is 18.2. The van der Waals surface area contributed by atoms with Gasteiger partial charge in [-0.15, -0.1) is 0 Å². The molecule has 1 amide bonds. The molecule has 3 heterocycles. The number of carbonyl (C=O) groups is 1. The molecule has 1 aromatic heterocycles. The lowest BCUT2D eigenvalue weighted by Gasteiger charge is -2.49. The maximum atomic E-state index is 13.7. The predicted octanol–water partition coefficient (Wildman–Crippen LogP) is 5.65. The van der Waals surface area contributed by atoms with Crippen LogP contribution in [-0.4, -0.2) is 58.6 Å². The van der Waals surface area contributed by atoms with Crippen molar-refractivity contribution >= 4 is 14.0 Å². The van der Waals surface area contributed by atoms with E-state index in [1.54, 1.807) is 17.0 Å². The third-order valence-electron chi connectivity index (χ3n) is 8.89. The molecule has 3 unspecified atom stereocenters. The highest BCUT2D eigenvalue weighted by molar-refractivity contribution is 6.76. The number of hydrogen-bond acceptors (Lipinski definition) is 7. The number of dihydropyridines is 1. The molecule has 10 heteroatoms. The Hall–Kier alpha value is -2.71. The van der Waals surface area contributed by atoms with Crippen LogP contribution < -0.4 is 10.6 Å². The third kappa shape index (κ3) is 7.87. The molecule has 0 radical (unpaired) electrons. The summed E-state index contributed by atoms with van der Waals surface area (Å²) in [5, 5.41) is 27.7. The maximum absolute atomic E-state index is 13.7. The number of imidazole rings is 1. The van der Waals surface area contributed by atoms with E-state index in [1.165, 1.54) is 0 Å². The maximum Gasteiger partial charge on any atom is 0.291 e. The summed E-state index contributed by atoms with van der Waals surface area (Å²) in [5.41, 5.74) is 0.136. The summed E-state index contributed by atoms with van der Waals surface area (Å²) in [6, 6.07) is 3.61. The van der Waals surface area contributed by atoms with Crippen LogP contribution in [0.2, 0.25) is 25.7 Å². The van der Waals surface area contributed by atoms with Crippen molar-refractivity contribution in [3.05, 3.63) is 53.4 Å². The van der Waals surface area contributed by atoms with Gasteiger partial charge in [0.05, 0.1) is 23.5 Å². The molecule has 3 N–H and O–H groups in total. The fourth-order valence-corrected chi connectivity index (χ4v) is 7.18. The Balaban J connectivity index is 1.64. The smallest absolute Gasteiger partial charge is 0.291 e. The number of aliphatic hydroxyl groups is 1. The summed E-state index contributed by atoms with van der Waals surface area (Å²) in [6.07, 6.45) is 13.2. The summed E-state index contributed by atoms with van der Waals surface area (Å²) in [4.78, 5) is 18.0. The van der Waals surface area contributed by atoms with E-state index in [4.69, 9.17) is 9.47 Å². The van der Waals surface area contributed by atoms with E-state index in [-0.39, 0.29) is 36.4 Å². The van der Waals surface area contributed by atoms with E-state index in [0.29, 0.717) is 18.7 Å². The number of nitriles is 1. The summed E-state index contributed by atoms with van der Waals surface area (Å²) in [7, 11) is -1.23. The second-order valence-electron chi connectivity index (χ2n) is 15.4. The van der Waals surface area contributed by atoms with Crippen LogP contribution in [0.5, 0.6) is 0 Å². The number of carbonyl (C=O) groups excluding carboxylic acids is 1.